The topological polar surface area (TPSA) is 24.5 Å². The summed E-state index contributed by atoms with van der Waals surface area (Å²) in [5.74, 6) is 0. The maximum absolute atomic E-state index is 5.31. The predicted molar refractivity (Wildman–Crippen MR) is 73.4 cm³/mol. The monoisotopic (exact) mass is 242 g/mol. The highest BCUT2D eigenvalue weighted by Gasteiger charge is 2.31. The first-order valence-electron chi connectivity index (χ1n) is 7.22. The zero-order valence-corrected chi connectivity index (χ0v) is 12.0. The van der Waals surface area contributed by atoms with Gasteiger partial charge < -0.3 is 10.1 Å². The van der Waals surface area contributed by atoms with E-state index in [1.807, 2.05) is 0 Å². The minimum atomic E-state index is 0.522. The van der Waals surface area contributed by atoms with Crippen LogP contribution in [0.1, 0.15) is 46.5 Å². The Balaban J connectivity index is 2.62. The van der Waals surface area contributed by atoms with E-state index in [1.165, 1.54) is 25.7 Å². The molecular formula is C14H30N2O. The Bertz CT molecular complexity index is 197. The molecule has 0 amide bonds. The fourth-order valence-corrected chi connectivity index (χ4v) is 3.22. The number of rotatable bonds is 7. The van der Waals surface area contributed by atoms with Gasteiger partial charge in [0.05, 0.1) is 6.61 Å². The van der Waals surface area contributed by atoms with Gasteiger partial charge in [-0.05, 0) is 32.9 Å². The molecule has 1 N–H and O–H groups in total. The summed E-state index contributed by atoms with van der Waals surface area (Å²) in [5.41, 5.74) is 0. The molecule has 1 saturated carbocycles. The molecule has 3 heteroatoms. The Morgan fingerprint density at radius 3 is 2.59 bits per heavy atom. The standard InChI is InChI=1S/C14H30N2O/c1-5-15-13-9-7-8-10-14(13)16(6-2)12(3)11-17-4/h12-15H,5-11H2,1-4H3. The van der Waals surface area contributed by atoms with Gasteiger partial charge in [-0.15, -0.1) is 0 Å². The average molecular weight is 242 g/mol. The van der Waals surface area contributed by atoms with Crippen molar-refractivity contribution in [1.29, 1.82) is 0 Å². The lowest BCUT2D eigenvalue weighted by molar-refractivity contribution is 0.0449. The van der Waals surface area contributed by atoms with E-state index in [4.69, 9.17) is 4.74 Å². The van der Waals surface area contributed by atoms with Gasteiger partial charge in [0.25, 0.3) is 0 Å². The van der Waals surface area contributed by atoms with Crippen LogP contribution in [0.5, 0.6) is 0 Å². The Kier molecular flexibility index (Phi) is 7.09. The maximum Gasteiger partial charge on any atom is 0.0615 e. The molecule has 17 heavy (non-hydrogen) atoms. The van der Waals surface area contributed by atoms with Crippen molar-refractivity contribution in [2.24, 2.45) is 0 Å². The van der Waals surface area contributed by atoms with E-state index >= 15 is 0 Å². The number of likely N-dealkylation sites (N-methyl/N-ethyl adjacent to an activating group) is 2. The molecule has 3 unspecified atom stereocenters. The van der Waals surface area contributed by atoms with Crippen molar-refractivity contribution in [1.82, 2.24) is 10.2 Å². The largest absolute Gasteiger partial charge is 0.383 e. The number of hydrogen-bond donors (Lipinski definition) is 1. The van der Waals surface area contributed by atoms with Gasteiger partial charge in [-0.3, -0.25) is 4.90 Å². The number of nitrogens with zero attached hydrogens (tertiary/aromatic N) is 1. The molecule has 102 valence electrons. The van der Waals surface area contributed by atoms with Crippen LogP contribution >= 0.6 is 0 Å². The molecule has 3 nitrogen and oxygen atoms in total. The van der Waals surface area contributed by atoms with Crippen molar-refractivity contribution in [3.8, 4) is 0 Å². The number of hydrogen-bond acceptors (Lipinski definition) is 3. The maximum atomic E-state index is 5.31. The zero-order chi connectivity index (χ0) is 12.7. The zero-order valence-electron chi connectivity index (χ0n) is 12.0. The van der Waals surface area contributed by atoms with Crippen LogP contribution in [-0.4, -0.2) is 49.8 Å². The van der Waals surface area contributed by atoms with Crippen molar-refractivity contribution in [3.05, 3.63) is 0 Å². The second kappa shape index (κ2) is 8.06. The molecule has 0 heterocycles. The van der Waals surface area contributed by atoms with Crippen LogP contribution in [0.3, 0.4) is 0 Å². The number of ether oxygens (including phenoxy) is 1. The molecule has 0 bridgehead atoms. The Morgan fingerprint density at radius 1 is 1.29 bits per heavy atom. The Labute approximate surface area is 107 Å². The summed E-state index contributed by atoms with van der Waals surface area (Å²) in [6.45, 7) is 9.80. The highest BCUT2D eigenvalue weighted by Crippen LogP contribution is 2.24. The van der Waals surface area contributed by atoms with E-state index in [0.717, 1.165) is 19.7 Å². The third kappa shape index (κ3) is 4.23. The summed E-state index contributed by atoms with van der Waals surface area (Å²) in [7, 11) is 1.80. The molecule has 1 rings (SSSR count). The second-order valence-corrected chi connectivity index (χ2v) is 5.15. The summed E-state index contributed by atoms with van der Waals surface area (Å²) < 4.78 is 5.31. The van der Waals surface area contributed by atoms with Crippen LogP contribution in [0.4, 0.5) is 0 Å². The third-order valence-electron chi connectivity index (χ3n) is 3.96. The summed E-state index contributed by atoms with van der Waals surface area (Å²) in [6, 6.07) is 1.89. The van der Waals surface area contributed by atoms with Crippen LogP contribution in [0.2, 0.25) is 0 Å². The van der Waals surface area contributed by atoms with Crippen LogP contribution in [0, 0.1) is 0 Å². The molecule has 0 aliphatic heterocycles. The minimum absolute atomic E-state index is 0.522. The van der Waals surface area contributed by atoms with Crippen molar-refractivity contribution in [2.75, 3.05) is 26.8 Å². The molecule has 1 aliphatic rings. The van der Waals surface area contributed by atoms with E-state index < -0.39 is 0 Å². The van der Waals surface area contributed by atoms with E-state index in [0.29, 0.717) is 18.1 Å². The lowest BCUT2D eigenvalue weighted by atomic mass is 9.88. The summed E-state index contributed by atoms with van der Waals surface area (Å²) >= 11 is 0. The lowest BCUT2D eigenvalue weighted by Gasteiger charge is -2.42. The van der Waals surface area contributed by atoms with Gasteiger partial charge >= 0.3 is 0 Å². The fraction of sp³-hybridized carbons (Fsp3) is 1.00. The smallest absolute Gasteiger partial charge is 0.0615 e. The van der Waals surface area contributed by atoms with Gasteiger partial charge in [0, 0.05) is 25.2 Å². The highest BCUT2D eigenvalue weighted by molar-refractivity contribution is 4.89. The highest BCUT2D eigenvalue weighted by atomic mass is 16.5. The normalized spacial score (nSPS) is 27.4. The molecule has 1 fully saturated rings. The first-order chi connectivity index (χ1) is 8.24. The molecule has 0 spiro atoms. The number of methoxy groups -OCH3 is 1. The van der Waals surface area contributed by atoms with Gasteiger partial charge in [0.15, 0.2) is 0 Å². The van der Waals surface area contributed by atoms with E-state index in [-0.39, 0.29) is 0 Å². The molecule has 0 radical (unpaired) electrons. The molecule has 0 aromatic carbocycles. The Morgan fingerprint density at radius 2 is 2.00 bits per heavy atom. The van der Waals surface area contributed by atoms with Gasteiger partial charge in [-0.25, -0.2) is 0 Å². The van der Waals surface area contributed by atoms with E-state index in [2.05, 4.69) is 31.0 Å². The molecule has 1 aliphatic carbocycles. The lowest BCUT2D eigenvalue weighted by Crippen LogP contribution is -2.55. The summed E-state index contributed by atoms with van der Waals surface area (Å²) in [5, 5.41) is 3.66. The van der Waals surface area contributed by atoms with Crippen molar-refractivity contribution in [3.63, 3.8) is 0 Å². The SMILES string of the molecule is CCNC1CCCCC1N(CC)C(C)COC. The van der Waals surface area contributed by atoms with Crippen LogP contribution in [0.15, 0.2) is 0 Å². The molecule has 0 aromatic heterocycles. The van der Waals surface area contributed by atoms with Gasteiger partial charge in [0.2, 0.25) is 0 Å². The van der Waals surface area contributed by atoms with Crippen molar-refractivity contribution in [2.45, 2.75) is 64.6 Å². The third-order valence-corrected chi connectivity index (χ3v) is 3.96. The molecule has 0 saturated heterocycles. The average Bonchev–Trinajstić information content (AvgIpc) is 2.33. The summed E-state index contributed by atoms with van der Waals surface area (Å²) in [6.07, 6.45) is 5.42. The first-order valence-corrected chi connectivity index (χ1v) is 7.22. The molecular weight excluding hydrogens is 212 g/mol. The van der Waals surface area contributed by atoms with E-state index in [1.54, 1.807) is 7.11 Å². The van der Waals surface area contributed by atoms with Crippen molar-refractivity contribution >= 4 is 0 Å². The second-order valence-electron chi connectivity index (χ2n) is 5.15. The summed E-state index contributed by atoms with van der Waals surface area (Å²) in [4.78, 5) is 2.62. The molecule has 3 atom stereocenters. The number of nitrogens with one attached hydrogen (secondary N) is 1. The van der Waals surface area contributed by atoms with Crippen LogP contribution in [-0.2, 0) is 4.74 Å². The van der Waals surface area contributed by atoms with E-state index in [9.17, 15) is 0 Å². The minimum Gasteiger partial charge on any atom is -0.383 e. The van der Waals surface area contributed by atoms with Crippen LogP contribution < -0.4 is 5.32 Å². The Hall–Kier alpha value is -0.120. The molecule has 0 aromatic rings. The van der Waals surface area contributed by atoms with Crippen LogP contribution in [0.25, 0.3) is 0 Å². The first kappa shape index (κ1) is 14.9. The predicted octanol–water partition coefficient (Wildman–Crippen LogP) is 2.26. The van der Waals surface area contributed by atoms with Gasteiger partial charge in [-0.2, -0.15) is 0 Å². The fourth-order valence-electron chi connectivity index (χ4n) is 3.22. The van der Waals surface area contributed by atoms with Crippen molar-refractivity contribution < 1.29 is 4.74 Å². The van der Waals surface area contributed by atoms with Gasteiger partial charge in [0.1, 0.15) is 0 Å². The van der Waals surface area contributed by atoms with Gasteiger partial charge in [-0.1, -0.05) is 26.7 Å². The quantitative estimate of drug-likeness (QED) is 0.741.